The fourth-order valence-corrected chi connectivity index (χ4v) is 3.30. The molecule has 0 radical (unpaired) electrons. The van der Waals surface area contributed by atoms with Crippen molar-refractivity contribution in [3.05, 3.63) is 88.4 Å². The highest BCUT2D eigenvalue weighted by molar-refractivity contribution is 9.10. The van der Waals surface area contributed by atoms with E-state index in [0.29, 0.717) is 36.0 Å². The van der Waals surface area contributed by atoms with Crippen LogP contribution < -0.4 is 14.8 Å². The molecule has 0 atom stereocenters. The van der Waals surface area contributed by atoms with Gasteiger partial charge in [-0.2, -0.15) is 0 Å². The van der Waals surface area contributed by atoms with Crippen molar-refractivity contribution in [2.45, 2.75) is 26.2 Å². The van der Waals surface area contributed by atoms with E-state index >= 15 is 0 Å². The number of anilines is 1. The Kier molecular flexibility index (Phi) is 8.33. The normalized spacial score (nSPS) is 10.5. The number of hydrogen-bond acceptors (Lipinski definition) is 3. The van der Waals surface area contributed by atoms with Crippen molar-refractivity contribution < 1.29 is 14.3 Å². The van der Waals surface area contributed by atoms with E-state index in [1.54, 1.807) is 6.07 Å². The van der Waals surface area contributed by atoms with Crippen molar-refractivity contribution in [3.63, 3.8) is 0 Å². The monoisotopic (exact) mass is 467 g/mol. The van der Waals surface area contributed by atoms with Crippen LogP contribution in [0, 0.1) is 0 Å². The maximum Gasteiger partial charge on any atom is 0.259 e. The topological polar surface area (TPSA) is 47.6 Å². The van der Waals surface area contributed by atoms with Gasteiger partial charge in [-0.25, -0.2) is 0 Å². The lowest BCUT2D eigenvalue weighted by atomic mass is 10.1. The van der Waals surface area contributed by atoms with Crippen molar-refractivity contribution in [2.24, 2.45) is 0 Å². The first-order valence-corrected chi connectivity index (χ1v) is 11.0. The van der Waals surface area contributed by atoms with Gasteiger partial charge in [-0.3, -0.25) is 4.79 Å². The van der Waals surface area contributed by atoms with Gasteiger partial charge in [0.15, 0.2) is 0 Å². The third-order valence-electron chi connectivity index (χ3n) is 4.57. The Morgan fingerprint density at radius 1 is 0.900 bits per heavy atom. The van der Waals surface area contributed by atoms with Crippen LogP contribution in [0.5, 0.6) is 11.5 Å². The van der Waals surface area contributed by atoms with Crippen LogP contribution in [0.25, 0.3) is 0 Å². The zero-order chi connectivity index (χ0) is 21.2. The first kappa shape index (κ1) is 21.9. The number of hydrogen-bond donors (Lipinski definition) is 1. The highest BCUT2D eigenvalue weighted by atomic mass is 79.9. The molecule has 1 amide bonds. The molecule has 5 heteroatoms. The Hall–Kier alpha value is -2.79. The van der Waals surface area contributed by atoms with Gasteiger partial charge in [0.05, 0.1) is 24.5 Å². The maximum absolute atomic E-state index is 13.0. The summed E-state index contributed by atoms with van der Waals surface area (Å²) in [4.78, 5) is 13.0. The van der Waals surface area contributed by atoms with Gasteiger partial charge in [-0.1, -0.05) is 71.7 Å². The predicted octanol–water partition coefficient (Wildman–Crippen LogP) is 6.50. The number of carbonyl (C=O) groups is 1. The summed E-state index contributed by atoms with van der Waals surface area (Å²) in [5.41, 5.74) is 2.31. The Morgan fingerprint density at radius 3 is 2.43 bits per heavy atom. The minimum atomic E-state index is -0.238. The van der Waals surface area contributed by atoms with E-state index in [4.69, 9.17) is 9.47 Å². The molecule has 3 rings (SSSR count). The molecule has 3 aromatic carbocycles. The molecule has 0 saturated heterocycles. The number of amides is 1. The van der Waals surface area contributed by atoms with Crippen LogP contribution in [0.4, 0.5) is 5.69 Å². The third-order valence-corrected chi connectivity index (χ3v) is 5.06. The van der Waals surface area contributed by atoms with Crippen molar-refractivity contribution in [2.75, 3.05) is 18.5 Å². The summed E-state index contributed by atoms with van der Waals surface area (Å²) in [5, 5.41) is 2.96. The van der Waals surface area contributed by atoms with E-state index in [2.05, 4.69) is 40.3 Å². The molecule has 0 unspecified atom stereocenters. The average molecular weight is 468 g/mol. The molecule has 30 heavy (non-hydrogen) atoms. The predicted molar refractivity (Wildman–Crippen MR) is 125 cm³/mol. The number of unbranched alkanes of at least 4 members (excludes halogenated alkanes) is 1. The molecule has 3 aromatic rings. The standard InChI is InChI=1S/C25H26BrNO3/c1-2-3-16-29-24-12-8-7-11-22(24)27-25(28)21-18-20(26)13-14-23(21)30-17-15-19-9-5-4-6-10-19/h4-14,18H,2-3,15-17H2,1H3,(H,27,28). The van der Waals surface area contributed by atoms with E-state index in [-0.39, 0.29) is 5.91 Å². The lowest BCUT2D eigenvalue weighted by Crippen LogP contribution is -2.15. The lowest BCUT2D eigenvalue weighted by Gasteiger charge is -2.15. The molecule has 0 bridgehead atoms. The van der Waals surface area contributed by atoms with E-state index in [1.807, 2.05) is 54.6 Å². The minimum absolute atomic E-state index is 0.238. The summed E-state index contributed by atoms with van der Waals surface area (Å²) in [6, 6.07) is 23.1. The van der Waals surface area contributed by atoms with E-state index in [1.165, 1.54) is 5.56 Å². The second-order valence-corrected chi connectivity index (χ2v) is 7.79. The number of ether oxygens (including phenoxy) is 2. The number of halogens is 1. The minimum Gasteiger partial charge on any atom is -0.492 e. The van der Waals surface area contributed by atoms with Crippen molar-refractivity contribution in [1.29, 1.82) is 0 Å². The zero-order valence-electron chi connectivity index (χ0n) is 17.1. The molecular weight excluding hydrogens is 442 g/mol. The van der Waals surface area contributed by atoms with E-state index in [9.17, 15) is 4.79 Å². The summed E-state index contributed by atoms with van der Waals surface area (Å²) in [6.07, 6.45) is 2.79. The molecule has 0 fully saturated rings. The van der Waals surface area contributed by atoms with Gasteiger partial charge in [-0.05, 0) is 42.3 Å². The lowest BCUT2D eigenvalue weighted by molar-refractivity contribution is 0.102. The Bertz CT molecular complexity index is 960. The summed E-state index contributed by atoms with van der Waals surface area (Å²) in [6.45, 7) is 3.22. The van der Waals surface area contributed by atoms with E-state index in [0.717, 1.165) is 23.7 Å². The molecule has 0 saturated carbocycles. The fraction of sp³-hybridized carbons (Fsp3) is 0.240. The van der Waals surface area contributed by atoms with Gasteiger partial charge < -0.3 is 14.8 Å². The average Bonchev–Trinajstić information content (AvgIpc) is 2.77. The van der Waals surface area contributed by atoms with Gasteiger partial charge in [0.2, 0.25) is 0 Å². The van der Waals surface area contributed by atoms with Crippen LogP contribution in [0.1, 0.15) is 35.7 Å². The van der Waals surface area contributed by atoms with Crippen molar-refractivity contribution in [1.82, 2.24) is 0 Å². The Balaban J connectivity index is 1.70. The van der Waals surface area contributed by atoms with Crippen LogP contribution in [0.3, 0.4) is 0 Å². The van der Waals surface area contributed by atoms with Crippen LogP contribution in [-0.2, 0) is 6.42 Å². The molecule has 0 aliphatic rings. The van der Waals surface area contributed by atoms with Crippen molar-refractivity contribution in [3.8, 4) is 11.5 Å². The third kappa shape index (κ3) is 6.36. The molecule has 1 N–H and O–H groups in total. The second kappa shape index (κ2) is 11.4. The largest absolute Gasteiger partial charge is 0.492 e. The number of para-hydroxylation sites is 2. The van der Waals surface area contributed by atoms with E-state index < -0.39 is 0 Å². The molecule has 0 aromatic heterocycles. The highest BCUT2D eigenvalue weighted by Gasteiger charge is 2.16. The van der Waals surface area contributed by atoms with Crippen LogP contribution in [0.15, 0.2) is 77.3 Å². The van der Waals surface area contributed by atoms with Crippen LogP contribution in [0.2, 0.25) is 0 Å². The first-order valence-electron chi connectivity index (χ1n) is 10.2. The van der Waals surface area contributed by atoms with Gasteiger partial charge in [0.1, 0.15) is 11.5 Å². The van der Waals surface area contributed by atoms with Gasteiger partial charge in [0.25, 0.3) is 5.91 Å². The second-order valence-electron chi connectivity index (χ2n) is 6.88. The summed E-state index contributed by atoms with van der Waals surface area (Å²) < 4.78 is 12.6. The van der Waals surface area contributed by atoms with Gasteiger partial charge in [-0.15, -0.1) is 0 Å². The SMILES string of the molecule is CCCCOc1ccccc1NC(=O)c1cc(Br)ccc1OCCc1ccccc1. The van der Waals surface area contributed by atoms with Crippen molar-refractivity contribution >= 4 is 27.5 Å². The van der Waals surface area contributed by atoms with Gasteiger partial charge in [0, 0.05) is 10.9 Å². The molecule has 156 valence electrons. The van der Waals surface area contributed by atoms with Crippen LogP contribution in [-0.4, -0.2) is 19.1 Å². The number of benzene rings is 3. The summed E-state index contributed by atoms with van der Waals surface area (Å²) >= 11 is 3.45. The summed E-state index contributed by atoms with van der Waals surface area (Å²) in [7, 11) is 0. The quantitative estimate of drug-likeness (QED) is 0.346. The summed E-state index contributed by atoms with van der Waals surface area (Å²) in [5.74, 6) is 0.981. The maximum atomic E-state index is 13.0. The smallest absolute Gasteiger partial charge is 0.259 e. The molecule has 0 aliphatic carbocycles. The number of rotatable bonds is 10. The molecule has 0 aliphatic heterocycles. The first-order chi connectivity index (χ1) is 14.7. The molecule has 4 nitrogen and oxygen atoms in total. The van der Waals surface area contributed by atoms with Crippen LogP contribution >= 0.6 is 15.9 Å². The number of nitrogens with one attached hydrogen (secondary N) is 1. The number of carbonyl (C=O) groups excluding carboxylic acids is 1. The van der Waals surface area contributed by atoms with Gasteiger partial charge >= 0.3 is 0 Å². The Labute approximate surface area is 186 Å². The molecule has 0 spiro atoms. The zero-order valence-corrected chi connectivity index (χ0v) is 18.7. The molecule has 0 heterocycles. The molecular formula is C25H26BrNO3. The fourth-order valence-electron chi connectivity index (χ4n) is 2.94. The highest BCUT2D eigenvalue weighted by Crippen LogP contribution is 2.28. The Morgan fingerprint density at radius 2 is 1.63 bits per heavy atom.